The quantitative estimate of drug-likeness (QED) is 0.868. The van der Waals surface area contributed by atoms with Gasteiger partial charge in [-0.05, 0) is 31.0 Å². The fraction of sp³-hybridized carbons (Fsp3) is 0.400. The van der Waals surface area contributed by atoms with Crippen molar-refractivity contribution >= 4 is 35.1 Å². The van der Waals surface area contributed by atoms with Crippen LogP contribution in [0, 0.1) is 17.7 Å². The van der Waals surface area contributed by atoms with E-state index in [-0.39, 0.29) is 10.9 Å². The van der Waals surface area contributed by atoms with Gasteiger partial charge in [-0.25, -0.2) is 4.39 Å². The number of rotatable bonds is 4. The average molecular weight is 341 g/mol. The summed E-state index contributed by atoms with van der Waals surface area (Å²) in [7, 11) is 0. The summed E-state index contributed by atoms with van der Waals surface area (Å²) < 4.78 is 13.2. The van der Waals surface area contributed by atoms with E-state index in [1.807, 2.05) is 0 Å². The van der Waals surface area contributed by atoms with Crippen LogP contribution in [-0.4, -0.2) is 35.5 Å². The number of benzene rings is 1. The topological polar surface area (TPSA) is 86.7 Å². The normalized spacial score (nSPS) is 26.3. The number of anilines is 1. The number of nitrogens with one attached hydrogen (secondary N) is 1. The van der Waals surface area contributed by atoms with Crippen LogP contribution in [0.25, 0.3) is 0 Å². The Morgan fingerprint density at radius 3 is 2.70 bits per heavy atom. The molecule has 1 aromatic carbocycles. The van der Waals surface area contributed by atoms with Gasteiger partial charge in [-0.1, -0.05) is 11.6 Å². The Morgan fingerprint density at radius 1 is 1.35 bits per heavy atom. The number of carbonyl (C=O) groups is 3. The highest BCUT2D eigenvalue weighted by Gasteiger charge is 2.49. The van der Waals surface area contributed by atoms with E-state index in [0.29, 0.717) is 25.1 Å². The number of aliphatic carboxylic acids is 1. The van der Waals surface area contributed by atoms with Gasteiger partial charge < -0.3 is 15.3 Å². The second-order valence-electron chi connectivity index (χ2n) is 5.73. The summed E-state index contributed by atoms with van der Waals surface area (Å²) in [6.07, 6.45) is 0.712. The lowest BCUT2D eigenvalue weighted by Gasteiger charge is -2.17. The molecular formula is C15H14ClFN2O4. The summed E-state index contributed by atoms with van der Waals surface area (Å²) in [6, 6.07) is 3.30. The van der Waals surface area contributed by atoms with Crippen LogP contribution in [0.5, 0.6) is 0 Å². The Kier molecular flexibility index (Phi) is 3.97. The van der Waals surface area contributed by atoms with E-state index in [1.165, 1.54) is 23.1 Å². The third-order valence-electron chi connectivity index (χ3n) is 4.18. The molecular weight excluding hydrogens is 327 g/mol. The highest BCUT2D eigenvalue weighted by Crippen LogP contribution is 2.39. The zero-order valence-electron chi connectivity index (χ0n) is 12.0. The molecule has 122 valence electrons. The molecule has 0 spiro atoms. The van der Waals surface area contributed by atoms with Crippen LogP contribution in [0.2, 0.25) is 5.02 Å². The van der Waals surface area contributed by atoms with Crippen LogP contribution in [-0.2, 0) is 14.4 Å². The Hall–Kier alpha value is -2.15. The molecule has 1 aliphatic carbocycles. The Bertz CT molecular complexity index is 696. The first-order valence-electron chi connectivity index (χ1n) is 7.18. The van der Waals surface area contributed by atoms with Gasteiger partial charge in [0.25, 0.3) is 0 Å². The van der Waals surface area contributed by atoms with Crippen molar-refractivity contribution in [3.63, 3.8) is 0 Å². The molecule has 0 radical (unpaired) electrons. The zero-order chi connectivity index (χ0) is 16.7. The van der Waals surface area contributed by atoms with Crippen LogP contribution in [0.1, 0.15) is 12.8 Å². The van der Waals surface area contributed by atoms with Crippen molar-refractivity contribution in [2.75, 3.05) is 11.4 Å². The lowest BCUT2D eigenvalue weighted by atomic mass is 10.2. The summed E-state index contributed by atoms with van der Waals surface area (Å²) >= 11 is 5.72. The maximum Gasteiger partial charge on any atom is 0.307 e. The number of amides is 2. The fourth-order valence-corrected chi connectivity index (χ4v) is 2.93. The van der Waals surface area contributed by atoms with Crippen molar-refractivity contribution < 1.29 is 23.9 Å². The van der Waals surface area contributed by atoms with Gasteiger partial charge in [-0.2, -0.15) is 0 Å². The van der Waals surface area contributed by atoms with Crippen molar-refractivity contribution in [1.82, 2.24) is 5.32 Å². The third-order valence-corrected chi connectivity index (χ3v) is 4.47. The maximum absolute atomic E-state index is 13.2. The second kappa shape index (κ2) is 5.81. The Balaban J connectivity index is 1.64. The molecule has 2 aliphatic rings. The van der Waals surface area contributed by atoms with Crippen molar-refractivity contribution in [2.45, 2.75) is 18.9 Å². The molecule has 2 amide bonds. The molecule has 0 bridgehead atoms. The molecule has 1 aliphatic heterocycles. The first-order chi connectivity index (χ1) is 10.9. The largest absolute Gasteiger partial charge is 0.481 e. The van der Waals surface area contributed by atoms with E-state index in [9.17, 15) is 18.8 Å². The third kappa shape index (κ3) is 3.01. The predicted octanol–water partition coefficient (Wildman–Crippen LogP) is 1.42. The summed E-state index contributed by atoms with van der Waals surface area (Å²) in [6.45, 7) is 0.374. The molecule has 0 aromatic heterocycles. The fourth-order valence-electron chi connectivity index (χ4n) is 2.76. The highest BCUT2D eigenvalue weighted by molar-refractivity contribution is 6.31. The number of carboxylic acid groups (broad SMARTS) is 1. The first-order valence-corrected chi connectivity index (χ1v) is 7.56. The lowest BCUT2D eigenvalue weighted by Crippen LogP contribution is -2.42. The molecule has 6 nitrogen and oxygen atoms in total. The molecule has 1 saturated heterocycles. The van der Waals surface area contributed by atoms with E-state index in [2.05, 4.69) is 5.32 Å². The number of hydrogen-bond donors (Lipinski definition) is 2. The maximum atomic E-state index is 13.2. The predicted molar refractivity (Wildman–Crippen MR) is 79.5 cm³/mol. The minimum absolute atomic E-state index is 0.0786. The lowest BCUT2D eigenvalue weighted by molar-refractivity contribution is -0.140. The van der Waals surface area contributed by atoms with Crippen LogP contribution in [0.3, 0.4) is 0 Å². The van der Waals surface area contributed by atoms with E-state index in [1.54, 1.807) is 0 Å². The van der Waals surface area contributed by atoms with Crippen molar-refractivity contribution in [3.8, 4) is 0 Å². The molecule has 3 rings (SSSR count). The van der Waals surface area contributed by atoms with Gasteiger partial charge in [0.1, 0.15) is 11.9 Å². The van der Waals surface area contributed by atoms with E-state index < -0.39 is 35.6 Å². The number of nitrogens with zero attached hydrogens (tertiary/aromatic N) is 1. The average Bonchev–Trinajstić information content (AvgIpc) is 3.23. The second-order valence-corrected chi connectivity index (χ2v) is 6.13. The van der Waals surface area contributed by atoms with Gasteiger partial charge in [-0.15, -0.1) is 0 Å². The number of carboxylic acids is 1. The van der Waals surface area contributed by atoms with Gasteiger partial charge in [-0.3, -0.25) is 14.4 Å². The number of hydrogen-bond acceptors (Lipinski definition) is 3. The van der Waals surface area contributed by atoms with Crippen molar-refractivity contribution in [2.24, 2.45) is 11.8 Å². The van der Waals surface area contributed by atoms with E-state index >= 15 is 0 Å². The van der Waals surface area contributed by atoms with E-state index in [0.717, 1.165) is 0 Å². The molecule has 3 atom stereocenters. The number of carbonyl (C=O) groups excluding carboxylic acids is 2. The molecule has 1 heterocycles. The molecule has 2 fully saturated rings. The van der Waals surface area contributed by atoms with Crippen molar-refractivity contribution in [1.29, 1.82) is 0 Å². The minimum atomic E-state index is -0.995. The summed E-state index contributed by atoms with van der Waals surface area (Å²) in [5, 5.41) is 11.3. The molecule has 3 unspecified atom stereocenters. The molecule has 1 aromatic rings. The van der Waals surface area contributed by atoms with Crippen LogP contribution >= 0.6 is 11.6 Å². The number of halogens is 2. The van der Waals surface area contributed by atoms with E-state index in [4.69, 9.17) is 16.7 Å². The minimum Gasteiger partial charge on any atom is -0.481 e. The standard InChI is InChI=1S/C15H14ClFN2O4/c16-10-5-7(1-2-11(10)17)19-4-3-12(14(19)21)18-13(20)8-6-9(8)15(22)23/h1-2,5,8-9,12H,3-4,6H2,(H,18,20)(H,22,23). The zero-order valence-corrected chi connectivity index (χ0v) is 12.7. The van der Waals surface area contributed by atoms with Crippen molar-refractivity contribution in [3.05, 3.63) is 29.0 Å². The van der Waals surface area contributed by atoms with Gasteiger partial charge in [0.15, 0.2) is 0 Å². The summed E-state index contributed by atoms with van der Waals surface area (Å²) in [5.74, 6) is -3.50. The van der Waals surface area contributed by atoms with Crippen LogP contribution in [0.4, 0.5) is 10.1 Å². The highest BCUT2D eigenvalue weighted by atomic mass is 35.5. The van der Waals surface area contributed by atoms with Gasteiger partial charge in [0, 0.05) is 12.2 Å². The molecule has 1 saturated carbocycles. The summed E-state index contributed by atoms with van der Waals surface area (Å²) in [5.41, 5.74) is 0.466. The van der Waals surface area contributed by atoms with Gasteiger partial charge in [0.2, 0.25) is 11.8 Å². The monoisotopic (exact) mass is 340 g/mol. The summed E-state index contributed by atoms with van der Waals surface area (Å²) in [4.78, 5) is 36.5. The first kappa shape index (κ1) is 15.7. The van der Waals surface area contributed by atoms with Crippen LogP contribution in [0.15, 0.2) is 18.2 Å². The Morgan fingerprint density at radius 2 is 2.09 bits per heavy atom. The molecule has 8 heteroatoms. The molecule has 23 heavy (non-hydrogen) atoms. The van der Waals surface area contributed by atoms with Gasteiger partial charge >= 0.3 is 5.97 Å². The Labute approximate surface area is 136 Å². The van der Waals surface area contributed by atoms with Crippen LogP contribution < -0.4 is 10.2 Å². The smallest absolute Gasteiger partial charge is 0.307 e. The van der Waals surface area contributed by atoms with Gasteiger partial charge in [0.05, 0.1) is 16.9 Å². The molecule has 2 N–H and O–H groups in total. The SMILES string of the molecule is O=C(O)C1CC1C(=O)NC1CCN(c2ccc(F)c(Cl)c2)C1=O.